The maximum absolute atomic E-state index is 12.0. The minimum atomic E-state index is -0.294. The molecule has 0 saturated heterocycles. The van der Waals surface area contributed by atoms with E-state index in [2.05, 4.69) is 27.3 Å². The van der Waals surface area contributed by atoms with Crippen LogP contribution >= 0.6 is 11.3 Å². The molecule has 2 aromatic carbocycles. The Labute approximate surface area is 156 Å². The van der Waals surface area contributed by atoms with Crippen molar-refractivity contribution in [2.45, 2.75) is 25.6 Å². The number of nitrogens with one attached hydrogen (secondary N) is 1. The molecule has 0 unspecified atom stereocenters. The third-order valence-electron chi connectivity index (χ3n) is 4.62. The molecule has 1 amide bonds. The lowest BCUT2D eigenvalue weighted by atomic mass is 9.93. The van der Waals surface area contributed by atoms with Gasteiger partial charge in [0.1, 0.15) is 0 Å². The highest BCUT2D eigenvalue weighted by atomic mass is 32.1. The topological polar surface area (TPSA) is 71.2 Å². The number of primary amides is 1. The minimum Gasteiger partial charge on any atom is -0.368 e. The number of para-hydroxylation sites is 1. The molecule has 26 heavy (non-hydrogen) atoms. The molecule has 6 heteroatoms. The average Bonchev–Trinajstić information content (AvgIpc) is 3.08. The van der Waals surface area contributed by atoms with Crippen LogP contribution in [0.3, 0.4) is 0 Å². The van der Waals surface area contributed by atoms with Crippen molar-refractivity contribution < 1.29 is 4.79 Å². The maximum Gasteiger partial charge on any atom is 0.235 e. The molecule has 2 heterocycles. The van der Waals surface area contributed by atoms with Crippen molar-refractivity contribution in [2.75, 3.05) is 5.32 Å². The molecule has 3 aromatic rings. The Morgan fingerprint density at radius 2 is 1.88 bits per heavy atom. The summed E-state index contributed by atoms with van der Waals surface area (Å²) in [6, 6.07) is 17.9. The van der Waals surface area contributed by atoms with Crippen LogP contribution in [0.5, 0.6) is 0 Å². The highest BCUT2D eigenvalue weighted by Crippen LogP contribution is 2.27. The van der Waals surface area contributed by atoms with E-state index in [0.29, 0.717) is 19.5 Å². The van der Waals surface area contributed by atoms with Crippen LogP contribution < -0.4 is 11.1 Å². The molecule has 1 atom stereocenters. The number of rotatable bonds is 5. The van der Waals surface area contributed by atoms with Crippen molar-refractivity contribution in [3.8, 4) is 0 Å². The van der Waals surface area contributed by atoms with E-state index in [0.717, 1.165) is 16.5 Å². The predicted molar refractivity (Wildman–Crippen MR) is 104 cm³/mol. The van der Waals surface area contributed by atoms with E-state index < -0.39 is 0 Å². The highest BCUT2D eigenvalue weighted by Gasteiger charge is 2.30. The lowest BCUT2D eigenvalue weighted by molar-refractivity contribution is -0.124. The molecule has 1 aliphatic rings. The Morgan fingerprint density at radius 3 is 2.65 bits per heavy atom. The summed E-state index contributed by atoms with van der Waals surface area (Å²) >= 11 is 1.56. The number of carbonyl (C=O) groups is 1. The number of hydrogen-bond donors (Lipinski definition) is 2. The van der Waals surface area contributed by atoms with Crippen LogP contribution in [0, 0.1) is 0 Å². The van der Waals surface area contributed by atoms with Gasteiger partial charge in [0.05, 0.1) is 11.7 Å². The molecule has 0 bridgehead atoms. The van der Waals surface area contributed by atoms with Gasteiger partial charge in [-0.15, -0.1) is 11.3 Å². The largest absolute Gasteiger partial charge is 0.368 e. The third-order valence-corrected chi connectivity index (χ3v) is 5.42. The van der Waals surface area contributed by atoms with Gasteiger partial charge in [0, 0.05) is 24.2 Å². The van der Waals surface area contributed by atoms with Gasteiger partial charge >= 0.3 is 0 Å². The minimum absolute atomic E-state index is 0.280. The standard InChI is InChI=1S/C20H20N4OS/c21-19(25)18-10-14-6-4-5-7-15(14)11-24(18)12-17-13-26-20(23-17)22-16-8-2-1-3-9-16/h1-9,13,18H,10-12H2,(H2,21,25)(H,22,23)/t18-/m0/s1. The molecule has 4 rings (SSSR count). The zero-order chi connectivity index (χ0) is 17.9. The van der Waals surface area contributed by atoms with E-state index >= 15 is 0 Å². The Hall–Kier alpha value is -2.70. The first-order chi connectivity index (χ1) is 12.7. The number of benzene rings is 2. The molecule has 0 aliphatic carbocycles. The van der Waals surface area contributed by atoms with Gasteiger partial charge in [-0.05, 0) is 29.7 Å². The number of amides is 1. The number of fused-ring (bicyclic) bond motifs is 1. The lowest BCUT2D eigenvalue weighted by Gasteiger charge is -2.34. The quantitative estimate of drug-likeness (QED) is 0.729. The van der Waals surface area contributed by atoms with E-state index in [9.17, 15) is 4.79 Å². The molecule has 0 saturated carbocycles. The maximum atomic E-state index is 12.0. The van der Waals surface area contributed by atoms with Crippen LogP contribution in [0.2, 0.25) is 0 Å². The van der Waals surface area contributed by atoms with Crippen LogP contribution in [0.4, 0.5) is 10.8 Å². The third kappa shape index (κ3) is 3.61. The van der Waals surface area contributed by atoms with Gasteiger partial charge in [0.25, 0.3) is 0 Å². The lowest BCUT2D eigenvalue weighted by Crippen LogP contribution is -2.48. The fourth-order valence-electron chi connectivity index (χ4n) is 3.31. The van der Waals surface area contributed by atoms with Crippen LogP contribution in [0.1, 0.15) is 16.8 Å². The summed E-state index contributed by atoms with van der Waals surface area (Å²) in [7, 11) is 0. The van der Waals surface area contributed by atoms with E-state index in [4.69, 9.17) is 5.73 Å². The van der Waals surface area contributed by atoms with Crippen LogP contribution in [-0.2, 0) is 24.3 Å². The zero-order valence-corrected chi connectivity index (χ0v) is 15.1. The number of nitrogens with zero attached hydrogens (tertiary/aromatic N) is 2. The number of carbonyl (C=O) groups excluding carboxylic acids is 1. The summed E-state index contributed by atoms with van der Waals surface area (Å²) in [5.41, 5.74) is 10.1. The summed E-state index contributed by atoms with van der Waals surface area (Å²) in [6.45, 7) is 1.32. The molecule has 5 nitrogen and oxygen atoms in total. The summed E-state index contributed by atoms with van der Waals surface area (Å²) in [5, 5.41) is 6.19. The van der Waals surface area contributed by atoms with E-state index in [1.54, 1.807) is 11.3 Å². The average molecular weight is 364 g/mol. The van der Waals surface area contributed by atoms with Crippen molar-refractivity contribution in [2.24, 2.45) is 5.73 Å². The Kier molecular flexibility index (Phi) is 4.69. The van der Waals surface area contributed by atoms with Crippen molar-refractivity contribution in [3.05, 3.63) is 76.8 Å². The Bertz CT molecular complexity index is 909. The molecule has 0 fully saturated rings. The smallest absolute Gasteiger partial charge is 0.235 e. The van der Waals surface area contributed by atoms with Gasteiger partial charge in [-0.2, -0.15) is 0 Å². The fraction of sp³-hybridized carbons (Fsp3) is 0.200. The molecule has 0 spiro atoms. The second-order valence-corrected chi connectivity index (χ2v) is 7.29. The molecular weight excluding hydrogens is 344 g/mol. The molecule has 132 valence electrons. The Morgan fingerprint density at radius 1 is 1.15 bits per heavy atom. The van der Waals surface area contributed by atoms with Gasteiger partial charge in [0.2, 0.25) is 5.91 Å². The summed E-state index contributed by atoms with van der Waals surface area (Å²) < 4.78 is 0. The first kappa shape index (κ1) is 16.8. The summed E-state index contributed by atoms with van der Waals surface area (Å²) in [4.78, 5) is 18.7. The van der Waals surface area contributed by atoms with Gasteiger partial charge in [0.15, 0.2) is 5.13 Å². The zero-order valence-electron chi connectivity index (χ0n) is 14.3. The van der Waals surface area contributed by atoms with Crippen LogP contribution in [0.15, 0.2) is 60.0 Å². The van der Waals surface area contributed by atoms with Crippen LogP contribution in [-0.4, -0.2) is 21.8 Å². The SMILES string of the molecule is NC(=O)[C@@H]1Cc2ccccc2CN1Cc1csc(Nc2ccccc2)n1. The van der Waals surface area contributed by atoms with Gasteiger partial charge in [-0.3, -0.25) is 9.69 Å². The van der Waals surface area contributed by atoms with Crippen molar-refractivity contribution in [3.63, 3.8) is 0 Å². The number of hydrogen-bond acceptors (Lipinski definition) is 5. The number of nitrogens with two attached hydrogens (primary N) is 1. The summed E-state index contributed by atoms with van der Waals surface area (Å²) in [5.74, 6) is -0.280. The molecule has 1 aliphatic heterocycles. The van der Waals surface area contributed by atoms with Crippen LogP contribution in [0.25, 0.3) is 0 Å². The number of thiazole rings is 1. The Balaban J connectivity index is 1.50. The molecule has 3 N–H and O–H groups in total. The van der Waals surface area contributed by atoms with Gasteiger partial charge in [-0.1, -0.05) is 42.5 Å². The highest BCUT2D eigenvalue weighted by molar-refractivity contribution is 7.13. The normalized spacial score (nSPS) is 16.8. The molecule has 0 radical (unpaired) electrons. The first-order valence-corrected chi connectivity index (χ1v) is 9.43. The summed E-state index contributed by atoms with van der Waals surface area (Å²) in [6.07, 6.45) is 0.658. The van der Waals surface area contributed by atoms with Crippen molar-refractivity contribution in [1.82, 2.24) is 9.88 Å². The van der Waals surface area contributed by atoms with E-state index in [-0.39, 0.29) is 11.9 Å². The number of anilines is 2. The predicted octanol–water partition coefficient (Wildman–Crippen LogP) is 3.30. The molecule has 1 aromatic heterocycles. The van der Waals surface area contributed by atoms with Gasteiger partial charge in [-0.25, -0.2) is 4.98 Å². The monoisotopic (exact) mass is 364 g/mol. The van der Waals surface area contributed by atoms with Crippen molar-refractivity contribution >= 4 is 28.1 Å². The number of aromatic nitrogens is 1. The van der Waals surface area contributed by atoms with Crippen molar-refractivity contribution in [1.29, 1.82) is 0 Å². The first-order valence-electron chi connectivity index (χ1n) is 8.55. The second-order valence-electron chi connectivity index (χ2n) is 6.43. The van der Waals surface area contributed by atoms with E-state index in [1.807, 2.05) is 47.8 Å². The second kappa shape index (κ2) is 7.27. The van der Waals surface area contributed by atoms with Gasteiger partial charge < -0.3 is 11.1 Å². The molecular formula is C20H20N4OS. The fourth-order valence-corrected chi connectivity index (χ4v) is 4.04. The van der Waals surface area contributed by atoms with E-state index in [1.165, 1.54) is 11.1 Å².